The van der Waals surface area contributed by atoms with Crippen molar-refractivity contribution in [2.45, 2.75) is 19.9 Å². The van der Waals surface area contributed by atoms with E-state index in [4.69, 9.17) is 39.9 Å². The van der Waals surface area contributed by atoms with Crippen molar-refractivity contribution in [3.8, 4) is 0 Å². The van der Waals surface area contributed by atoms with Gasteiger partial charge in [-0.05, 0) is 31.0 Å². The Morgan fingerprint density at radius 2 is 1.88 bits per heavy atom. The predicted molar refractivity (Wildman–Crippen MR) is 74.0 cm³/mol. The molecular formula is C12H16Cl3NO. The summed E-state index contributed by atoms with van der Waals surface area (Å²) in [4.78, 5) is 0. The van der Waals surface area contributed by atoms with Crippen molar-refractivity contribution in [2.75, 3.05) is 13.2 Å². The zero-order valence-electron chi connectivity index (χ0n) is 9.64. The minimum atomic E-state index is 0.210. The average Bonchev–Trinajstić information content (AvgIpc) is 2.29. The first-order valence-electron chi connectivity index (χ1n) is 5.50. The molecule has 5 heteroatoms. The van der Waals surface area contributed by atoms with Gasteiger partial charge in [0.05, 0.1) is 10.0 Å². The Labute approximate surface area is 117 Å². The van der Waals surface area contributed by atoms with Gasteiger partial charge in [0.1, 0.15) is 0 Å². The number of aliphatic hydroxyl groups excluding tert-OH is 1. The van der Waals surface area contributed by atoms with Crippen molar-refractivity contribution < 1.29 is 5.11 Å². The van der Waals surface area contributed by atoms with E-state index in [1.165, 1.54) is 0 Å². The largest absolute Gasteiger partial charge is 0.396 e. The second-order valence-corrected chi connectivity index (χ2v) is 5.26. The molecule has 0 aliphatic heterocycles. The topological polar surface area (TPSA) is 32.3 Å². The van der Waals surface area contributed by atoms with E-state index in [9.17, 15) is 0 Å². The molecule has 0 heterocycles. The highest BCUT2D eigenvalue weighted by molar-refractivity contribution is 6.44. The fraction of sp³-hybridized carbons (Fsp3) is 0.500. The maximum Gasteiger partial charge on any atom is 0.0652 e. The molecule has 0 aliphatic rings. The zero-order valence-corrected chi connectivity index (χ0v) is 11.9. The summed E-state index contributed by atoms with van der Waals surface area (Å²) in [6.45, 7) is 3.67. The normalized spacial score (nSPS) is 12.8. The van der Waals surface area contributed by atoms with Crippen LogP contribution in [0.5, 0.6) is 0 Å². The fourth-order valence-corrected chi connectivity index (χ4v) is 2.18. The lowest BCUT2D eigenvalue weighted by molar-refractivity contribution is 0.260. The van der Waals surface area contributed by atoms with E-state index in [1.807, 2.05) is 0 Å². The molecule has 0 saturated heterocycles. The van der Waals surface area contributed by atoms with Crippen molar-refractivity contribution >= 4 is 34.8 Å². The molecule has 0 radical (unpaired) electrons. The average molecular weight is 297 g/mol. The molecular weight excluding hydrogens is 280 g/mol. The maximum absolute atomic E-state index is 8.79. The van der Waals surface area contributed by atoms with Gasteiger partial charge in [0.2, 0.25) is 0 Å². The van der Waals surface area contributed by atoms with Crippen LogP contribution in [0.25, 0.3) is 0 Å². The third-order valence-corrected chi connectivity index (χ3v) is 3.75. The molecule has 1 aromatic rings. The van der Waals surface area contributed by atoms with Gasteiger partial charge in [-0.1, -0.05) is 41.7 Å². The van der Waals surface area contributed by atoms with Gasteiger partial charge >= 0.3 is 0 Å². The van der Waals surface area contributed by atoms with Gasteiger partial charge in [0.25, 0.3) is 0 Å². The van der Waals surface area contributed by atoms with Crippen LogP contribution in [0.3, 0.4) is 0 Å². The predicted octanol–water partition coefficient (Wildman–Crippen LogP) is 3.75. The molecule has 0 aromatic heterocycles. The van der Waals surface area contributed by atoms with E-state index < -0.39 is 0 Å². The lowest BCUT2D eigenvalue weighted by Crippen LogP contribution is -2.21. The Balaban J connectivity index is 2.55. The van der Waals surface area contributed by atoms with Crippen LogP contribution in [-0.4, -0.2) is 18.3 Å². The van der Waals surface area contributed by atoms with Gasteiger partial charge in [-0.2, -0.15) is 0 Å². The van der Waals surface area contributed by atoms with Crippen molar-refractivity contribution in [1.29, 1.82) is 0 Å². The van der Waals surface area contributed by atoms with Crippen LogP contribution in [0.15, 0.2) is 12.1 Å². The lowest BCUT2D eigenvalue weighted by Gasteiger charge is -2.13. The Bertz CT molecular complexity index is 371. The lowest BCUT2D eigenvalue weighted by atomic mass is 10.1. The number of rotatable bonds is 6. The first kappa shape index (κ1) is 15.1. The number of benzene rings is 1. The molecule has 17 heavy (non-hydrogen) atoms. The number of hydrogen-bond acceptors (Lipinski definition) is 2. The first-order valence-corrected chi connectivity index (χ1v) is 6.63. The highest BCUT2D eigenvalue weighted by atomic mass is 35.5. The summed E-state index contributed by atoms with van der Waals surface area (Å²) in [5.74, 6) is 0.414. The van der Waals surface area contributed by atoms with Crippen LogP contribution in [0.1, 0.15) is 18.9 Å². The minimum absolute atomic E-state index is 0.210. The Morgan fingerprint density at radius 1 is 1.24 bits per heavy atom. The first-order chi connectivity index (χ1) is 8.06. The Morgan fingerprint density at radius 3 is 2.53 bits per heavy atom. The summed E-state index contributed by atoms with van der Waals surface area (Å²) in [5.41, 5.74) is 0.817. The van der Waals surface area contributed by atoms with Gasteiger partial charge in [0.15, 0.2) is 0 Å². The monoisotopic (exact) mass is 295 g/mol. The van der Waals surface area contributed by atoms with Gasteiger partial charge in [-0.25, -0.2) is 0 Å². The molecule has 0 spiro atoms. The zero-order chi connectivity index (χ0) is 12.8. The van der Waals surface area contributed by atoms with Crippen LogP contribution in [-0.2, 0) is 6.54 Å². The third-order valence-electron chi connectivity index (χ3n) is 2.56. The van der Waals surface area contributed by atoms with E-state index in [0.29, 0.717) is 27.5 Å². The van der Waals surface area contributed by atoms with E-state index >= 15 is 0 Å². The fourth-order valence-electron chi connectivity index (χ4n) is 1.50. The summed E-state index contributed by atoms with van der Waals surface area (Å²) in [6, 6.07) is 3.42. The minimum Gasteiger partial charge on any atom is -0.396 e. The summed E-state index contributed by atoms with van der Waals surface area (Å²) >= 11 is 18.1. The van der Waals surface area contributed by atoms with Crippen molar-refractivity contribution in [2.24, 2.45) is 5.92 Å². The molecule has 0 bridgehead atoms. The van der Waals surface area contributed by atoms with Crippen LogP contribution < -0.4 is 5.32 Å². The molecule has 2 N–H and O–H groups in total. The highest BCUT2D eigenvalue weighted by Gasteiger charge is 2.09. The maximum atomic E-state index is 8.79. The number of nitrogens with one attached hydrogen (secondary N) is 1. The molecule has 1 aromatic carbocycles. The molecule has 1 rings (SSSR count). The van der Waals surface area contributed by atoms with E-state index in [-0.39, 0.29) is 6.61 Å². The number of aliphatic hydroxyl groups is 1. The Kier molecular flexibility index (Phi) is 6.60. The van der Waals surface area contributed by atoms with Crippen molar-refractivity contribution in [3.05, 3.63) is 32.8 Å². The van der Waals surface area contributed by atoms with Gasteiger partial charge in [-0.15, -0.1) is 0 Å². The van der Waals surface area contributed by atoms with Gasteiger partial charge < -0.3 is 10.4 Å². The molecule has 1 unspecified atom stereocenters. The van der Waals surface area contributed by atoms with Crippen LogP contribution in [0.2, 0.25) is 15.1 Å². The molecule has 0 amide bonds. The Hall–Kier alpha value is 0.01000. The smallest absolute Gasteiger partial charge is 0.0652 e. The standard InChI is InChI=1S/C12H16Cl3NO/c1-8(4-5-17)6-16-7-9-10(13)2-3-11(14)12(9)15/h2-3,8,16-17H,4-7H2,1H3. The third kappa shape index (κ3) is 4.65. The van der Waals surface area contributed by atoms with Crippen molar-refractivity contribution in [3.63, 3.8) is 0 Å². The molecule has 1 atom stereocenters. The molecule has 0 saturated carbocycles. The molecule has 2 nitrogen and oxygen atoms in total. The van der Waals surface area contributed by atoms with E-state index in [2.05, 4.69) is 12.2 Å². The van der Waals surface area contributed by atoms with Crippen LogP contribution >= 0.6 is 34.8 Å². The van der Waals surface area contributed by atoms with Gasteiger partial charge in [0, 0.05) is 23.7 Å². The number of halogens is 3. The quantitative estimate of drug-likeness (QED) is 0.784. The molecule has 0 fully saturated rings. The van der Waals surface area contributed by atoms with Crippen molar-refractivity contribution in [1.82, 2.24) is 5.32 Å². The van der Waals surface area contributed by atoms with Crippen LogP contribution in [0, 0.1) is 5.92 Å². The molecule has 0 aliphatic carbocycles. The highest BCUT2D eigenvalue weighted by Crippen LogP contribution is 2.31. The summed E-state index contributed by atoms with van der Waals surface area (Å²) in [6.07, 6.45) is 0.782. The summed E-state index contributed by atoms with van der Waals surface area (Å²) < 4.78 is 0. The van der Waals surface area contributed by atoms with E-state index in [1.54, 1.807) is 12.1 Å². The SMILES string of the molecule is CC(CCO)CNCc1c(Cl)ccc(Cl)c1Cl. The number of hydrogen-bond donors (Lipinski definition) is 2. The second-order valence-electron chi connectivity index (χ2n) is 4.07. The summed E-state index contributed by atoms with van der Waals surface area (Å²) in [5, 5.41) is 13.7. The molecule has 96 valence electrons. The second kappa shape index (κ2) is 7.45. The van der Waals surface area contributed by atoms with E-state index in [0.717, 1.165) is 18.5 Å². The van der Waals surface area contributed by atoms with Gasteiger partial charge in [-0.3, -0.25) is 0 Å². The summed E-state index contributed by atoms with van der Waals surface area (Å²) in [7, 11) is 0. The van der Waals surface area contributed by atoms with Crippen LogP contribution in [0.4, 0.5) is 0 Å².